The Morgan fingerprint density at radius 2 is 0.850 bits per heavy atom. The van der Waals surface area contributed by atoms with Gasteiger partial charge in [0.25, 0.3) is 0 Å². The van der Waals surface area contributed by atoms with Crippen LogP contribution in [0.15, 0.2) is 0 Å². The molecule has 3 nitrogen and oxygen atoms in total. The van der Waals surface area contributed by atoms with E-state index in [-0.39, 0.29) is 12.1 Å². The van der Waals surface area contributed by atoms with Gasteiger partial charge in [0.05, 0.1) is 0 Å². The van der Waals surface area contributed by atoms with Crippen molar-refractivity contribution < 1.29 is 9.53 Å². The van der Waals surface area contributed by atoms with E-state index in [9.17, 15) is 4.79 Å². The van der Waals surface area contributed by atoms with Crippen LogP contribution in [0.2, 0.25) is 0 Å². The van der Waals surface area contributed by atoms with Crippen molar-refractivity contribution in [3.8, 4) is 0 Å². The molecule has 3 heteroatoms. The van der Waals surface area contributed by atoms with Crippen molar-refractivity contribution in [2.75, 3.05) is 20.6 Å². The molecule has 0 amide bonds. The summed E-state index contributed by atoms with van der Waals surface area (Å²) >= 11 is 0. The molecule has 40 heavy (non-hydrogen) atoms. The van der Waals surface area contributed by atoms with Gasteiger partial charge in [-0.15, -0.1) is 0 Å². The third-order valence-corrected chi connectivity index (χ3v) is 8.73. The summed E-state index contributed by atoms with van der Waals surface area (Å²) in [5.74, 6) is 1.02. The molecule has 0 spiro atoms. The molecule has 0 aliphatic rings. The molecule has 0 aromatic carbocycles. The number of rotatable bonds is 32. The maximum atomic E-state index is 12.4. The predicted molar refractivity (Wildman–Crippen MR) is 178 cm³/mol. The fourth-order valence-corrected chi connectivity index (χ4v) is 6.04. The number of carbonyl (C=O) groups is 1. The molecule has 0 radical (unpaired) electrons. The summed E-state index contributed by atoms with van der Waals surface area (Å²) in [6, 6.07) is 0. The molecule has 0 aromatic heterocycles. The van der Waals surface area contributed by atoms with E-state index >= 15 is 0 Å². The van der Waals surface area contributed by atoms with Gasteiger partial charge in [-0.05, 0) is 58.7 Å². The molecule has 0 heterocycles. The molecule has 0 bridgehead atoms. The third-order valence-electron chi connectivity index (χ3n) is 8.73. The first kappa shape index (κ1) is 39.4. The molecule has 1 unspecified atom stereocenters. The van der Waals surface area contributed by atoms with E-state index in [4.69, 9.17) is 4.74 Å². The van der Waals surface area contributed by atoms with Crippen LogP contribution in [0.5, 0.6) is 0 Å². The summed E-state index contributed by atoms with van der Waals surface area (Å²) < 4.78 is 5.97. The second kappa shape index (κ2) is 31.4. The average molecular weight is 566 g/mol. The zero-order valence-corrected chi connectivity index (χ0v) is 28.4. The van der Waals surface area contributed by atoms with Crippen molar-refractivity contribution in [2.45, 2.75) is 207 Å². The molecule has 0 aliphatic heterocycles. The zero-order valence-electron chi connectivity index (χ0n) is 28.4. The molecule has 0 aromatic rings. The maximum absolute atomic E-state index is 12.4. The molecule has 1 atom stereocenters. The van der Waals surface area contributed by atoms with E-state index in [0.717, 1.165) is 31.7 Å². The highest BCUT2D eigenvalue weighted by atomic mass is 16.5. The molecule has 240 valence electrons. The number of esters is 1. The van der Waals surface area contributed by atoms with E-state index < -0.39 is 0 Å². The Kier molecular flexibility index (Phi) is 30.9. The average Bonchev–Trinajstić information content (AvgIpc) is 2.93. The van der Waals surface area contributed by atoms with E-state index in [1.807, 2.05) is 0 Å². The van der Waals surface area contributed by atoms with Gasteiger partial charge in [-0.25, -0.2) is 0 Å². The SMILES string of the molecule is CCCCCCCCCC(CCCCCCCCCCC(CCCCC)CCCCC)OC(=O)CCCN(C)C. The number of ether oxygens (including phenoxy) is 1. The standard InChI is InChI=1S/C37H75NO2/c1-6-9-12-13-16-20-25-31-36(40-37(39)33-27-34-38(4)5)32-26-21-18-15-14-17-19-24-30-35(28-22-10-7-2)29-23-11-8-3/h35-36H,6-34H2,1-5H3. The highest BCUT2D eigenvalue weighted by Gasteiger charge is 2.14. The van der Waals surface area contributed by atoms with Crippen LogP contribution >= 0.6 is 0 Å². The number of unbranched alkanes of at least 4 members (excludes halogenated alkanes) is 17. The fourth-order valence-electron chi connectivity index (χ4n) is 6.04. The summed E-state index contributed by atoms with van der Waals surface area (Å²) in [7, 11) is 4.13. The lowest BCUT2D eigenvalue weighted by Gasteiger charge is -2.18. The van der Waals surface area contributed by atoms with Crippen molar-refractivity contribution in [1.82, 2.24) is 4.90 Å². The minimum atomic E-state index is 0.0211. The number of hydrogen-bond acceptors (Lipinski definition) is 3. The molecule has 0 N–H and O–H groups in total. The molecule has 0 saturated heterocycles. The van der Waals surface area contributed by atoms with Crippen LogP contribution in [-0.4, -0.2) is 37.6 Å². The lowest BCUT2D eigenvalue weighted by Crippen LogP contribution is -2.20. The van der Waals surface area contributed by atoms with Gasteiger partial charge >= 0.3 is 5.97 Å². The van der Waals surface area contributed by atoms with Gasteiger partial charge in [-0.3, -0.25) is 4.79 Å². The highest BCUT2D eigenvalue weighted by molar-refractivity contribution is 5.69. The molecule has 0 fully saturated rings. The first-order chi connectivity index (χ1) is 19.5. The van der Waals surface area contributed by atoms with Crippen LogP contribution in [0, 0.1) is 5.92 Å². The Balaban J connectivity index is 4.06. The summed E-state index contributed by atoms with van der Waals surface area (Å²) in [6.45, 7) is 7.88. The van der Waals surface area contributed by atoms with Gasteiger partial charge < -0.3 is 9.64 Å². The van der Waals surface area contributed by atoms with Gasteiger partial charge in [0.15, 0.2) is 0 Å². The minimum Gasteiger partial charge on any atom is -0.462 e. The summed E-state index contributed by atoms with van der Waals surface area (Å²) in [5.41, 5.74) is 0. The Morgan fingerprint density at radius 1 is 0.500 bits per heavy atom. The van der Waals surface area contributed by atoms with Crippen molar-refractivity contribution in [1.29, 1.82) is 0 Å². The first-order valence-corrected chi connectivity index (χ1v) is 18.4. The first-order valence-electron chi connectivity index (χ1n) is 18.4. The van der Waals surface area contributed by atoms with Gasteiger partial charge in [-0.1, -0.05) is 162 Å². The van der Waals surface area contributed by atoms with Crippen LogP contribution in [0.3, 0.4) is 0 Å². The Morgan fingerprint density at radius 3 is 1.27 bits per heavy atom. The van der Waals surface area contributed by atoms with E-state index in [1.165, 1.54) is 154 Å². The number of nitrogens with zero attached hydrogens (tertiary/aromatic N) is 1. The normalized spacial score (nSPS) is 12.5. The van der Waals surface area contributed by atoms with E-state index in [2.05, 4.69) is 39.8 Å². The van der Waals surface area contributed by atoms with Crippen molar-refractivity contribution in [3.63, 3.8) is 0 Å². The second-order valence-electron chi connectivity index (χ2n) is 13.2. The molecule has 0 saturated carbocycles. The molecular weight excluding hydrogens is 490 g/mol. The van der Waals surface area contributed by atoms with E-state index in [0.29, 0.717) is 6.42 Å². The molecular formula is C37H75NO2. The molecule has 0 rings (SSSR count). The number of carbonyl (C=O) groups excluding carboxylic acids is 1. The lowest BCUT2D eigenvalue weighted by atomic mass is 9.90. The Labute approximate surface area is 253 Å². The monoisotopic (exact) mass is 566 g/mol. The summed E-state index contributed by atoms with van der Waals surface area (Å²) in [6.07, 6.45) is 36.8. The zero-order chi connectivity index (χ0) is 29.5. The van der Waals surface area contributed by atoms with Crippen LogP contribution in [0.1, 0.15) is 201 Å². The lowest BCUT2D eigenvalue weighted by molar-refractivity contribution is -0.150. The Bertz CT molecular complexity index is 496. The number of hydrogen-bond donors (Lipinski definition) is 0. The van der Waals surface area contributed by atoms with Crippen molar-refractivity contribution in [2.24, 2.45) is 5.92 Å². The van der Waals surface area contributed by atoms with Gasteiger partial charge in [-0.2, -0.15) is 0 Å². The third kappa shape index (κ3) is 28.9. The van der Waals surface area contributed by atoms with Crippen molar-refractivity contribution in [3.05, 3.63) is 0 Å². The van der Waals surface area contributed by atoms with Crippen LogP contribution in [-0.2, 0) is 9.53 Å². The summed E-state index contributed by atoms with van der Waals surface area (Å²) in [4.78, 5) is 14.6. The predicted octanol–water partition coefficient (Wildman–Crippen LogP) is 12.1. The van der Waals surface area contributed by atoms with Crippen molar-refractivity contribution >= 4 is 5.97 Å². The van der Waals surface area contributed by atoms with E-state index in [1.54, 1.807) is 0 Å². The topological polar surface area (TPSA) is 29.5 Å². The quantitative estimate of drug-likeness (QED) is 0.0600. The highest BCUT2D eigenvalue weighted by Crippen LogP contribution is 2.24. The largest absolute Gasteiger partial charge is 0.462 e. The van der Waals surface area contributed by atoms with Crippen LogP contribution in [0.4, 0.5) is 0 Å². The van der Waals surface area contributed by atoms with Crippen LogP contribution < -0.4 is 0 Å². The van der Waals surface area contributed by atoms with Gasteiger partial charge in [0, 0.05) is 6.42 Å². The smallest absolute Gasteiger partial charge is 0.306 e. The maximum Gasteiger partial charge on any atom is 0.306 e. The second-order valence-corrected chi connectivity index (χ2v) is 13.2. The van der Waals surface area contributed by atoms with Gasteiger partial charge in [0.2, 0.25) is 0 Å². The fraction of sp³-hybridized carbons (Fsp3) is 0.973. The molecule has 0 aliphatic carbocycles. The minimum absolute atomic E-state index is 0.0211. The van der Waals surface area contributed by atoms with Crippen LogP contribution in [0.25, 0.3) is 0 Å². The van der Waals surface area contributed by atoms with Gasteiger partial charge in [0.1, 0.15) is 6.10 Å². The summed E-state index contributed by atoms with van der Waals surface area (Å²) in [5, 5.41) is 0. The Hall–Kier alpha value is -0.570.